The fourth-order valence-corrected chi connectivity index (χ4v) is 2.03. The lowest BCUT2D eigenvalue weighted by molar-refractivity contribution is -0.137. The van der Waals surface area contributed by atoms with Gasteiger partial charge in [0, 0.05) is 11.6 Å². The van der Waals surface area contributed by atoms with Gasteiger partial charge in [-0.15, -0.1) is 0 Å². The first-order chi connectivity index (χ1) is 8.88. The lowest BCUT2D eigenvalue weighted by atomic mass is 10.1. The number of amides is 1. The molecule has 0 aromatic heterocycles. The maximum Gasteiger partial charge on any atom is 0.418 e. The molecule has 0 saturated carbocycles. The maximum atomic E-state index is 12.8. The first-order valence-corrected chi connectivity index (χ1v) is 6.05. The van der Waals surface area contributed by atoms with Crippen molar-refractivity contribution >= 4 is 23.2 Å². The van der Waals surface area contributed by atoms with Gasteiger partial charge in [0.25, 0.3) is 5.91 Å². The van der Waals surface area contributed by atoms with Gasteiger partial charge in [-0.1, -0.05) is 11.6 Å². The van der Waals surface area contributed by atoms with Crippen LogP contribution in [0.25, 0.3) is 0 Å². The highest BCUT2D eigenvalue weighted by molar-refractivity contribution is 6.30. The average Bonchev–Trinajstić information content (AvgIpc) is 2.83. The zero-order valence-electron chi connectivity index (χ0n) is 9.76. The van der Waals surface area contributed by atoms with E-state index in [1.54, 1.807) is 0 Å². The van der Waals surface area contributed by atoms with E-state index >= 15 is 0 Å². The van der Waals surface area contributed by atoms with Crippen LogP contribution in [0.3, 0.4) is 0 Å². The number of rotatable bonds is 2. The van der Waals surface area contributed by atoms with Crippen LogP contribution in [0.1, 0.15) is 18.4 Å². The van der Waals surface area contributed by atoms with Gasteiger partial charge in [-0.25, -0.2) is 0 Å². The second-order valence-electron chi connectivity index (χ2n) is 4.18. The molecule has 0 spiro atoms. The van der Waals surface area contributed by atoms with Crippen LogP contribution < -0.4 is 5.32 Å². The molecule has 0 bridgehead atoms. The molecule has 1 fully saturated rings. The SMILES string of the molecule is O=C(Nc1ccc(Cl)cc1C(F)(F)F)[C@@H]1CCCO1. The van der Waals surface area contributed by atoms with Crippen molar-refractivity contribution in [2.24, 2.45) is 0 Å². The predicted molar refractivity (Wildman–Crippen MR) is 64.1 cm³/mol. The van der Waals surface area contributed by atoms with Gasteiger partial charge in [-0.05, 0) is 31.0 Å². The van der Waals surface area contributed by atoms with Gasteiger partial charge < -0.3 is 10.1 Å². The number of nitrogens with one attached hydrogen (secondary N) is 1. The molecule has 1 heterocycles. The minimum atomic E-state index is -4.58. The topological polar surface area (TPSA) is 38.3 Å². The highest BCUT2D eigenvalue weighted by Gasteiger charge is 2.35. The molecule has 1 atom stereocenters. The minimum Gasteiger partial charge on any atom is -0.368 e. The first kappa shape index (κ1) is 14.1. The molecule has 1 N–H and O–H groups in total. The highest BCUT2D eigenvalue weighted by atomic mass is 35.5. The van der Waals surface area contributed by atoms with Crippen molar-refractivity contribution in [3.05, 3.63) is 28.8 Å². The van der Waals surface area contributed by atoms with Crippen molar-refractivity contribution in [2.45, 2.75) is 25.1 Å². The van der Waals surface area contributed by atoms with E-state index in [1.807, 2.05) is 0 Å². The van der Waals surface area contributed by atoms with E-state index in [9.17, 15) is 18.0 Å². The molecule has 0 radical (unpaired) electrons. The van der Waals surface area contributed by atoms with Crippen molar-refractivity contribution in [1.82, 2.24) is 0 Å². The van der Waals surface area contributed by atoms with Crippen LogP contribution in [0.4, 0.5) is 18.9 Å². The van der Waals surface area contributed by atoms with Crippen molar-refractivity contribution in [1.29, 1.82) is 0 Å². The van der Waals surface area contributed by atoms with Crippen LogP contribution in [0.2, 0.25) is 5.02 Å². The largest absolute Gasteiger partial charge is 0.418 e. The molecule has 104 valence electrons. The molecule has 1 aliphatic heterocycles. The first-order valence-electron chi connectivity index (χ1n) is 5.67. The van der Waals surface area contributed by atoms with Crippen LogP contribution in [0.15, 0.2) is 18.2 Å². The van der Waals surface area contributed by atoms with E-state index in [0.717, 1.165) is 18.6 Å². The van der Waals surface area contributed by atoms with Gasteiger partial charge >= 0.3 is 6.18 Å². The van der Waals surface area contributed by atoms with Gasteiger partial charge in [0.2, 0.25) is 0 Å². The lowest BCUT2D eigenvalue weighted by Crippen LogP contribution is -2.28. The Hall–Kier alpha value is -1.27. The summed E-state index contributed by atoms with van der Waals surface area (Å²) in [7, 11) is 0. The summed E-state index contributed by atoms with van der Waals surface area (Å²) in [5.41, 5.74) is -1.27. The Labute approximate surface area is 112 Å². The van der Waals surface area contributed by atoms with Crippen LogP contribution >= 0.6 is 11.6 Å². The molecule has 19 heavy (non-hydrogen) atoms. The van der Waals surface area contributed by atoms with Crippen LogP contribution in [0.5, 0.6) is 0 Å². The van der Waals surface area contributed by atoms with Gasteiger partial charge in [0.15, 0.2) is 0 Å². The molecule has 3 nitrogen and oxygen atoms in total. The molecule has 2 rings (SSSR count). The molecule has 1 aliphatic rings. The van der Waals surface area contributed by atoms with Crippen LogP contribution in [-0.2, 0) is 15.7 Å². The van der Waals surface area contributed by atoms with Crippen molar-refractivity contribution in [2.75, 3.05) is 11.9 Å². The second-order valence-corrected chi connectivity index (χ2v) is 4.62. The van der Waals surface area contributed by atoms with E-state index in [0.29, 0.717) is 13.0 Å². The minimum absolute atomic E-state index is 0.0394. The quantitative estimate of drug-likeness (QED) is 0.906. The van der Waals surface area contributed by atoms with E-state index in [-0.39, 0.29) is 10.7 Å². The number of anilines is 1. The number of halogens is 4. The Bertz CT molecular complexity index is 484. The highest BCUT2D eigenvalue weighted by Crippen LogP contribution is 2.36. The van der Waals surface area contributed by atoms with Crippen LogP contribution in [0, 0.1) is 0 Å². The Morgan fingerprint density at radius 2 is 2.16 bits per heavy atom. The molecule has 7 heteroatoms. The normalized spacial score (nSPS) is 19.5. The fraction of sp³-hybridized carbons (Fsp3) is 0.417. The summed E-state index contributed by atoms with van der Waals surface area (Å²) in [6, 6.07) is 3.21. The third-order valence-corrected chi connectivity index (χ3v) is 3.00. The summed E-state index contributed by atoms with van der Waals surface area (Å²) in [5.74, 6) is -0.565. The Morgan fingerprint density at radius 1 is 1.42 bits per heavy atom. The number of carbonyl (C=O) groups excluding carboxylic acids is 1. The summed E-state index contributed by atoms with van der Waals surface area (Å²) in [5, 5.41) is 2.20. The molecule has 0 aliphatic carbocycles. The van der Waals surface area contributed by atoms with Crippen molar-refractivity contribution < 1.29 is 22.7 Å². The number of hydrogen-bond acceptors (Lipinski definition) is 2. The molecule has 1 saturated heterocycles. The number of benzene rings is 1. The molecule has 0 unspecified atom stereocenters. The zero-order chi connectivity index (χ0) is 14.0. The van der Waals surface area contributed by atoms with Gasteiger partial charge in [0.05, 0.1) is 11.3 Å². The predicted octanol–water partition coefficient (Wildman–Crippen LogP) is 3.48. The fourth-order valence-electron chi connectivity index (χ4n) is 1.86. The standard InChI is InChI=1S/C12H11ClF3NO2/c13-7-3-4-9(8(6-7)12(14,15)16)17-11(18)10-2-1-5-19-10/h3-4,6,10H,1-2,5H2,(H,17,18)/t10-/m0/s1. The number of hydrogen-bond donors (Lipinski definition) is 1. The Balaban J connectivity index is 2.22. The molecule has 1 amide bonds. The third-order valence-electron chi connectivity index (χ3n) is 2.77. The third kappa shape index (κ3) is 3.39. The van der Waals surface area contributed by atoms with Gasteiger partial charge in [-0.3, -0.25) is 4.79 Å². The van der Waals surface area contributed by atoms with E-state index in [2.05, 4.69) is 5.32 Å². The number of carbonyl (C=O) groups is 1. The second kappa shape index (κ2) is 5.38. The smallest absolute Gasteiger partial charge is 0.368 e. The maximum absolute atomic E-state index is 12.8. The Morgan fingerprint density at radius 3 is 2.74 bits per heavy atom. The Kier molecular flexibility index (Phi) is 4.01. The summed E-state index contributed by atoms with van der Waals surface area (Å²) in [6.07, 6.45) is -4.02. The van der Waals surface area contributed by atoms with E-state index < -0.39 is 23.8 Å². The summed E-state index contributed by atoms with van der Waals surface area (Å²) < 4.78 is 43.6. The molecule has 1 aromatic carbocycles. The van der Waals surface area contributed by atoms with E-state index in [1.165, 1.54) is 6.07 Å². The molecule has 1 aromatic rings. The monoisotopic (exact) mass is 293 g/mol. The van der Waals surface area contributed by atoms with Gasteiger partial charge in [-0.2, -0.15) is 13.2 Å². The average molecular weight is 294 g/mol. The number of alkyl halides is 3. The van der Waals surface area contributed by atoms with E-state index in [4.69, 9.17) is 16.3 Å². The summed E-state index contributed by atoms with van der Waals surface area (Å²) in [4.78, 5) is 11.7. The van der Waals surface area contributed by atoms with Crippen molar-refractivity contribution in [3.8, 4) is 0 Å². The van der Waals surface area contributed by atoms with Crippen molar-refractivity contribution in [3.63, 3.8) is 0 Å². The summed E-state index contributed by atoms with van der Waals surface area (Å²) in [6.45, 7) is 0.449. The molecular formula is C12H11ClF3NO2. The number of ether oxygens (including phenoxy) is 1. The van der Waals surface area contributed by atoms with Gasteiger partial charge in [0.1, 0.15) is 6.10 Å². The zero-order valence-corrected chi connectivity index (χ0v) is 10.5. The lowest BCUT2D eigenvalue weighted by Gasteiger charge is -2.16. The van der Waals surface area contributed by atoms with Crippen LogP contribution in [-0.4, -0.2) is 18.6 Å². The summed E-state index contributed by atoms with van der Waals surface area (Å²) >= 11 is 5.55. The molecular weight excluding hydrogens is 283 g/mol.